The van der Waals surface area contributed by atoms with Crippen molar-refractivity contribution in [2.75, 3.05) is 13.2 Å². The summed E-state index contributed by atoms with van der Waals surface area (Å²) in [5, 5.41) is 11.9. The van der Waals surface area contributed by atoms with Crippen LogP contribution in [-0.4, -0.2) is 42.3 Å². The third-order valence-corrected chi connectivity index (χ3v) is 3.46. The molecule has 0 aromatic rings. The van der Waals surface area contributed by atoms with E-state index in [0.717, 1.165) is 0 Å². The number of carbonyl (C=O) groups excluding carboxylic acids is 1. The molecule has 0 aliphatic carbocycles. The average Bonchev–Trinajstić information content (AvgIpc) is 2.60. The molecule has 0 saturated carbocycles. The lowest BCUT2D eigenvalue weighted by atomic mass is 9.85. The van der Waals surface area contributed by atoms with E-state index in [2.05, 4.69) is 5.32 Å². The maximum absolute atomic E-state index is 11.8. The van der Waals surface area contributed by atoms with Crippen LogP contribution in [0.25, 0.3) is 0 Å². The molecule has 98 valence electrons. The molecule has 0 radical (unpaired) electrons. The Morgan fingerprint density at radius 2 is 2.12 bits per heavy atom. The van der Waals surface area contributed by atoms with Crippen LogP contribution in [0, 0.1) is 11.3 Å². The van der Waals surface area contributed by atoms with Crippen LogP contribution >= 0.6 is 0 Å². The van der Waals surface area contributed by atoms with E-state index in [1.165, 1.54) is 0 Å². The molecule has 1 amide bonds. The number of aliphatic carboxylic acids is 1. The van der Waals surface area contributed by atoms with Gasteiger partial charge in [-0.25, -0.2) is 0 Å². The molecule has 0 aromatic heterocycles. The molecule has 1 aliphatic rings. The second-order valence-corrected chi connectivity index (χ2v) is 4.95. The van der Waals surface area contributed by atoms with E-state index in [0.29, 0.717) is 0 Å². The molecule has 6 nitrogen and oxygen atoms in total. The second kappa shape index (κ2) is 5.01. The second-order valence-electron chi connectivity index (χ2n) is 4.95. The van der Waals surface area contributed by atoms with Gasteiger partial charge in [0.25, 0.3) is 0 Å². The van der Waals surface area contributed by atoms with Gasteiger partial charge in [-0.3, -0.25) is 9.59 Å². The fraction of sp³-hybridized carbons (Fsp3) is 0.818. The lowest BCUT2D eigenvalue weighted by Crippen LogP contribution is -2.52. The van der Waals surface area contributed by atoms with Crippen LogP contribution in [-0.2, 0) is 14.3 Å². The first-order valence-electron chi connectivity index (χ1n) is 5.66. The molecule has 17 heavy (non-hydrogen) atoms. The van der Waals surface area contributed by atoms with Gasteiger partial charge in [-0.1, -0.05) is 6.92 Å². The highest BCUT2D eigenvalue weighted by Gasteiger charge is 2.47. The Labute approximate surface area is 101 Å². The van der Waals surface area contributed by atoms with Crippen LogP contribution < -0.4 is 11.1 Å². The predicted octanol–water partition coefficient (Wildman–Crippen LogP) is -0.424. The Kier molecular flexibility index (Phi) is 4.11. The van der Waals surface area contributed by atoms with E-state index in [-0.39, 0.29) is 31.1 Å². The minimum absolute atomic E-state index is 0.111. The lowest BCUT2D eigenvalue weighted by Gasteiger charge is -2.27. The minimum Gasteiger partial charge on any atom is -0.481 e. The fourth-order valence-corrected chi connectivity index (χ4v) is 1.63. The highest BCUT2D eigenvalue weighted by atomic mass is 16.5. The molecule has 1 saturated heterocycles. The Morgan fingerprint density at radius 1 is 1.53 bits per heavy atom. The van der Waals surface area contributed by atoms with Crippen molar-refractivity contribution in [1.29, 1.82) is 0 Å². The zero-order valence-corrected chi connectivity index (χ0v) is 10.4. The van der Waals surface area contributed by atoms with Crippen LogP contribution in [0.1, 0.15) is 20.8 Å². The summed E-state index contributed by atoms with van der Waals surface area (Å²) in [6.07, 6.45) is 0. The van der Waals surface area contributed by atoms with Crippen molar-refractivity contribution in [3.05, 3.63) is 0 Å². The van der Waals surface area contributed by atoms with Gasteiger partial charge in [0, 0.05) is 12.0 Å². The number of amides is 1. The molecule has 0 aromatic carbocycles. The number of ether oxygens (including phenoxy) is 1. The van der Waals surface area contributed by atoms with Crippen LogP contribution in [0.15, 0.2) is 0 Å². The highest BCUT2D eigenvalue weighted by molar-refractivity contribution is 5.82. The maximum Gasteiger partial charge on any atom is 0.313 e. The summed E-state index contributed by atoms with van der Waals surface area (Å²) in [5.74, 6) is -1.55. The SMILES string of the molecule is CC(N)C(C)C(=O)NC1COCC1(C)C(=O)O. The van der Waals surface area contributed by atoms with Gasteiger partial charge in [-0.05, 0) is 13.8 Å². The van der Waals surface area contributed by atoms with Crippen LogP contribution in [0.3, 0.4) is 0 Å². The third kappa shape index (κ3) is 2.76. The topological polar surface area (TPSA) is 102 Å². The predicted molar refractivity (Wildman–Crippen MR) is 61.3 cm³/mol. The maximum atomic E-state index is 11.8. The zero-order chi connectivity index (χ0) is 13.2. The Morgan fingerprint density at radius 3 is 2.59 bits per heavy atom. The quantitative estimate of drug-likeness (QED) is 0.623. The summed E-state index contributed by atoms with van der Waals surface area (Å²) >= 11 is 0. The van der Waals surface area contributed by atoms with Gasteiger partial charge in [0.2, 0.25) is 5.91 Å². The van der Waals surface area contributed by atoms with Crippen molar-refractivity contribution in [1.82, 2.24) is 5.32 Å². The number of carboxylic acids is 1. The highest BCUT2D eigenvalue weighted by Crippen LogP contribution is 2.28. The first-order chi connectivity index (χ1) is 7.79. The van der Waals surface area contributed by atoms with Crippen LogP contribution in [0.5, 0.6) is 0 Å². The Bertz CT molecular complexity index is 319. The van der Waals surface area contributed by atoms with Gasteiger partial charge in [0.15, 0.2) is 0 Å². The molecule has 4 atom stereocenters. The molecule has 1 fully saturated rings. The molecule has 1 rings (SSSR count). The standard InChI is InChI=1S/C11H20N2O4/c1-6(7(2)12)9(14)13-8-4-17-5-11(8,3)10(15)16/h6-8H,4-5,12H2,1-3H3,(H,13,14)(H,15,16). The van der Waals surface area contributed by atoms with Crippen molar-refractivity contribution in [2.24, 2.45) is 17.1 Å². The van der Waals surface area contributed by atoms with E-state index < -0.39 is 17.4 Å². The number of nitrogens with two attached hydrogens (primary N) is 1. The number of hydrogen-bond acceptors (Lipinski definition) is 4. The molecule has 6 heteroatoms. The zero-order valence-electron chi connectivity index (χ0n) is 10.4. The molecule has 0 spiro atoms. The van der Waals surface area contributed by atoms with Gasteiger partial charge < -0.3 is 20.9 Å². The number of nitrogens with one attached hydrogen (secondary N) is 1. The normalized spacial score (nSPS) is 31.9. The summed E-state index contributed by atoms with van der Waals surface area (Å²) in [7, 11) is 0. The minimum atomic E-state index is -1.06. The van der Waals surface area contributed by atoms with Gasteiger partial charge >= 0.3 is 5.97 Å². The fourth-order valence-electron chi connectivity index (χ4n) is 1.63. The summed E-state index contributed by atoms with van der Waals surface area (Å²) < 4.78 is 5.15. The van der Waals surface area contributed by atoms with Crippen molar-refractivity contribution in [3.63, 3.8) is 0 Å². The molecular weight excluding hydrogens is 224 g/mol. The largest absolute Gasteiger partial charge is 0.481 e. The van der Waals surface area contributed by atoms with Crippen LogP contribution in [0.4, 0.5) is 0 Å². The van der Waals surface area contributed by atoms with Crippen LogP contribution in [0.2, 0.25) is 0 Å². The lowest BCUT2D eigenvalue weighted by molar-refractivity contribution is -0.149. The number of carboxylic acid groups (broad SMARTS) is 1. The van der Waals surface area contributed by atoms with Crippen molar-refractivity contribution < 1.29 is 19.4 Å². The first kappa shape index (κ1) is 13.9. The molecule has 4 unspecified atom stereocenters. The van der Waals surface area contributed by atoms with Crippen molar-refractivity contribution in [2.45, 2.75) is 32.9 Å². The molecule has 1 aliphatic heterocycles. The monoisotopic (exact) mass is 244 g/mol. The van der Waals surface area contributed by atoms with Crippen molar-refractivity contribution >= 4 is 11.9 Å². The number of hydrogen-bond donors (Lipinski definition) is 3. The molecule has 0 bridgehead atoms. The van der Waals surface area contributed by atoms with Gasteiger partial charge in [0.1, 0.15) is 5.41 Å². The number of carbonyl (C=O) groups is 2. The van der Waals surface area contributed by atoms with E-state index in [1.807, 2.05) is 0 Å². The van der Waals surface area contributed by atoms with Gasteiger partial charge in [-0.15, -0.1) is 0 Å². The van der Waals surface area contributed by atoms with E-state index in [1.54, 1.807) is 20.8 Å². The van der Waals surface area contributed by atoms with Gasteiger partial charge in [0.05, 0.1) is 19.3 Å². The Hall–Kier alpha value is -1.14. The summed E-state index contributed by atoms with van der Waals surface area (Å²) in [6, 6.07) is -0.776. The van der Waals surface area contributed by atoms with Crippen molar-refractivity contribution in [3.8, 4) is 0 Å². The summed E-state index contributed by atoms with van der Waals surface area (Å²) in [6.45, 7) is 5.36. The summed E-state index contributed by atoms with van der Waals surface area (Å²) in [5.41, 5.74) is 4.57. The third-order valence-electron chi connectivity index (χ3n) is 3.46. The molecule has 4 N–H and O–H groups in total. The number of rotatable bonds is 4. The van der Waals surface area contributed by atoms with E-state index in [4.69, 9.17) is 15.6 Å². The summed E-state index contributed by atoms with van der Waals surface area (Å²) in [4.78, 5) is 23.0. The molecule has 1 heterocycles. The van der Waals surface area contributed by atoms with E-state index in [9.17, 15) is 9.59 Å². The van der Waals surface area contributed by atoms with E-state index >= 15 is 0 Å². The molecular formula is C11H20N2O4. The van der Waals surface area contributed by atoms with Gasteiger partial charge in [-0.2, -0.15) is 0 Å². The average molecular weight is 244 g/mol. The smallest absolute Gasteiger partial charge is 0.313 e. The first-order valence-corrected chi connectivity index (χ1v) is 5.66. The Balaban J connectivity index is 2.69.